The zero-order valence-corrected chi connectivity index (χ0v) is 15.3. The first-order valence-electron chi connectivity index (χ1n) is 8.24. The van der Waals surface area contributed by atoms with Crippen molar-refractivity contribution in [2.45, 2.75) is 23.8 Å². The number of aromatic nitrogens is 4. The molecule has 0 saturated heterocycles. The quantitative estimate of drug-likeness (QED) is 0.608. The fourth-order valence-corrected chi connectivity index (χ4v) is 3.10. The van der Waals surface area contributed by atoms with E-state index in [9.17, 15) is 18.0 Å². The van der Waals surface area contributed by atoms with Gasteiger partial charge in [0.25, 0.3) is 0 Å². The van der Waals surface area contributed by atoms with Crippen molar-refractivity contribution in [1.29, 1.82) is 0 Å². The number of carbonyl (C=O) groups is 1. The van der Waals surface area contributed by atoms with Crippen LogP contribution in [0.2, 0.25) is 0 Å². The van der Waals surface area contributed by atoms with Crippen LogP contribution >= 0.6 is 11.8 Å². The van der Waals surface area contributed by atoms with E-state index in [4.69, 9.17) is 0 Å². The maximum Gasteiger partial charge on any atom is 0.417 e. The largest absolute Gasteiger partial charge is 0.417 e. The van der Waals surface area contributed by atoms with Crippen LogP contribution in [0.15, 0.2) is 66.3 Å². The van der Waals surface area contributed by atoms with Gasteiger partial charge in [-0.1, -0.05) is 42.1 Å². The average Bonchev–Trinajstić information content (AvgIpc) is 3.19. The number of rotatable bonds is 7. The van der Waals surface area contributed by atoms with E-state index < -0.39 is 11.7 Å². The monoisotopic (exact) mass is 407 g/mol. The van der Waals surface area contributed by atoms with Gasteiger partial charge in [-0.15, -0.1) is 0 Å². The van der Waals surface area contributed by atoms with Crippen molar-refractivity contribution in [2.75, 3.05) is 5.75 Å². The highest BCUT2D eigenvalue weighted by Crippen LogP contribution is 2.29. The van der Waals surface area contributed by atoms with Crippen LogP contribution in [0, 0.1) is 0 Å². The van der Waals surface area contributed by atoms with Crippen molar-refractivity contribution in [2.24, 2.45) is 0 Å². The van der Waals surface area contributed by atoms with Gasteiger partial charge in [0.2, 0.25) is 5.91 Å². The number of thioether (sulfide) groups is 1. The summed E-state index contributed by atoms with van der Waals surface area (Å²) in [5.74, 6) is -0.236. The van der Waals surface area contributed by atoms with Gasteiger partial charge in [0.15, 0.2) is 0 Å². The van der Waals surface area contributed by atoms with Crippen molar-refractivity contribution in [1.82, 2.24) is 25.1 Å². The molecule has 10 heteroatoms. The third-order valence-electron chi connectivity index (χ3n) is 3.79. The summed E-state index contributed by atoms with van der Waals surface area (Å²) in [5.41, 5.74) is 0.0854. The van der Waals surface area contributed by atoms with Crippen LogP contribution in [0.1, 0.15) is 17.2 Å². The zero-order valence-electron chi connectivity index (χ0n) is 14.5. The van der Waals surface area contributed by atoms with Crippen LogP contribution in [0.3, 0.4) is 0 Å². The molecule has 1 atom stereocenters. The Morgan fingerprint density at radius 2 is 1.96 bits per heavy atom. The van der Waals surface area contributed by atoms with Crippen LogP contribution in [0.25, 0.3) is 0 Å². The second kappa shape index (κ2) is 8.87. The fraction of sp³-hybridized carbons (Fsp3) is 0.222. The van der Waals surface area contributed by atoms with Crippen LogP contribution in [0.4, 0.5) is 13.2 Å². The minimum Gasteiger partial charge on any atom is -0.347 e. The number of halogens is 3. The standard InChI is InChI=1S/C18H16F3N5OS/c19-18(20,21)14-6-7-17(23-8-14)28-10-16(27)25-15(9-26-12-22-11-24-26)13-4-2-1-3-5-13/h1-8,11-12,15H,9-10H2,(H,25,27). The summed E-state index contributed by atoms with van der Waals surface area (Å²) in [5, 5.41) is 7.32. The zero-order chi connectivity index (χ0) is 20.0. The van der Waals surface area contributed by atoms with Crippen molar-refractivity contribution >= 4 is 17.7 Å². The molecule has 2 heterocycles. The summed E-state index contributed by atoms with van der Waals surface area (Å²) >= 11 is 1.07. The molecule has 1 aromatic carbocycles. The number of alkyl halides is 3. The van der Waals surface area contributed by atoms with E-state index >= 15 is 0 Å². The highest BCUT2D eigenvalue weighted by atomic mass is 32.2. The predicted octanol–water partition coefficient (Wildman–Crippen LogP) is 3.34. The Balaban J connectivity index is 1.60. The predicted molar refractivity (Wildman–Crippen MR) is 97.3 cm³/mol. The molecular weight excluding hydrogens is 391 g/mol. The van der Waals surface area contributed by atoms with E-state index in [2.05, 4.69) is 20.4 Å². The molecule has 0 aliphatic rings. The molecule has 0 spiro atoms. The van der Waals surface area contributed by atoms with E-state index in [-0.39, 0.29) is 17.7 Å². The summed E-state index contributed by atoms with van der Waals surface area (Å²) in [6.45, 7) is 0.402. The molecular formula is C18H16F3N5OS. The lowest BCUT2D eigenvalue weighted by atomic mass is 10.1. The molecule has 1 amide bonds. The Labute approximate surface area is 163 Å². The Bertz CT molecular complexity index is 886. The molecule has 146 valence electrons. The molecule has 28 heavy (non-hydrogen) atoms. The van der Waals surface area contributed by atoms with Gasteiger partial charge in [0, 0.05) is 6.20 Å². The lowest BCUT2D eigenvalue weighted by Gasteiger charge is -2.19. The molecule has 0 saturated carbocycles. The fourth-order valence-electron chi connectivity index (χ4n) is 2.44. The third kappa shape index (κ3) is 5.56. The Hall–Kier alpha value is -2.88. The number of pyridine rings is 1. The highest BCUT2D eigenvalue weighted by Gasteiger charge is 2.30. The molecule has 0 fully saturated rings. The van der Waals surface area contributed by atoms with Gasteiger partial charge in [-0.2, -0.15) is 18.3 Å². The van der Waals surface area contributed by atoms with E-state index in [0.29, 0.717) is 11.6 Å². The van der Waals surface area contributed by atoms with Crippen LogP contribution < -0.4 is 5.32 Å². The number of nitrogens with zero attached hydrogens (tertiary/aromatic N) is 4. The van der Waals surface area contributed by atoms with Crippen molar-refractivity contribution in [3.8, 4) is 0 Å². The topological polar surface area (TPSA) is 72.7 Å². The number of benzene rings is 1. The van der Waals surface area contributed by atoms with Crippen molar-refractivity contribution in [3.05, 3.63) is 72.4 Å². The van der Waals surface area contributed by atoms with E-state index in [1.165, 1.54) is 12.4 Å². The molecule has 0 radical (unpaired) electrons. The second-order valence-electron chi connectivity index (χ2n) is 5.82. The van der Waals surface area contributed by atoms with Crippen LogP contribution in [-0.2, 0) is 17.5 Å². The molecule has 6 nitrogen and oxygen atoms in total. The Morgan fingerprint density at radius 1 is 1.18 bits per heavy atom. The Morgan fingerprint density at radius 3 is 2.57 bits per heavy atom. The number of carbonyl (C=O) groups excluding carboxylic acids is 1. The normalized spacial score (nSPS) is 12.5. The summed E-state index contributed by atoms with van der Waals surface area (Å²) < 4.78 is 39.3. The van der Waals surface area contributed by atoms with Gasteiger partial charge < -0.3 is 5.32 Å². The van der Waals surface area contributed by atoms with E-state index in [0.717, 1.165) is 29.6 Å². The molecule has 0 bridgehead atoms. The summed E-state index contributed by atoms with van der Waals surface area (Å²) in [6.07, 6.45) is -0.700. The number of hydrogen-bond donors (Lipinski definition) is 1. The Kier molecular flexibility index (Phi) is 6.30. The van der Waals surface area contributed by atoms with Crippen LogP contribution in [0.5, 0.6) is 0 Å². The van der Waals surface area contributed by atoms with Gasteiger partial charge in [-0.05, 0) is 17.7 Å². The lowest BCUT2D eigenvalue weighted by molar-refractivity contribution is -0.137. The molecule has 0 aliphatic carbocycles. The lowest BCUT2D eigenvalue weighted by Crippen LogP contribution is -2.32. The number of hydrogen-bond acceptors (Lipinski definition) is 5. The summed E-state index contributed by atoms with van der Waals surface area (Å²) in [4.78, 5) is 20.0. The average molecular weight is 407 g/mol. The van der Waals surface area contributed by atoms with Gasteiger partial charge in [-0.3, -0.25) is 9.48 Å². The summed E-state index contributed by atoms with van der Waals surface area (Å²) in [7, 11) is 0. The van der Waals surface area contributed by atoms with Crippen molar-refractivity contribution < 1.29 is 18.0 Å². The van der Waals surface area contributed by atoms with E-state index in [1.54, 1.807) is 11.0 Å². The smallest absolute Gasteiger partial charge is 0.347 e. The van der Waals surface area contributed by atoms with Crippen LogP contribution in [-0.4, -0.2) is 31.4 Å². The minimum absolute atomic E-state index is 0.0268. The maximum atomic E-state index is 12.6. The number of nitrogens with one attached hydrogen (secondary N) is 1. The first-order chi connectivity index (χ1) is 13.4. The van der Waals surface area contributed by atoms with Crippen molar-refractivity contribution in [3.63, 3.8) is 0 Å². The first-order valence-corrected chi connectivity index (χ1v) is 9.23. The van der Waals surface area contributed by atoms with Gasteiger partial charge in [0.05, 0.1) is 28.9 Å². The molecule has 1 N–H and O–H groups in total. The molecule has 1 unspecified atom stereocenters. The van der Waals surface area contributed by atoms with E-state index in [1.807, 2.05) is 30.3 Å². The maximum absolute atomic E-state index is 12.6. The van der Waals surface area contributed by atoms with Gasteiger partial charge in [0.1, 0.15) is 12.7 Å². The minimum atomic E-state index is -4.43. The SMILES string of the molecule is O=C(CSc1ccc(C(F)(F)F)cn1)NC(Cn1cncn1)c1ccccc1. The molecule has 3 aromatic rings. The number of amides is 1. The molecule has 0 aliphatic heterocycles. The third-order valence-corrected chi connectivity index (χ3v) is 4.73. The summed E-state index contributed by atoms with van der Waals surface area (Å²) in [6, 6.07) is 11.3. The molecule has 3 rings (SSSR count). The highest BCUT2D eigenvalue weighted by molar-refractivity contribution is 7.99. The van der Waals surface area contributed by atoms with Gasteiger partial charge in [-0.25, -0.2) is 9.97 Å². The van der Waals surface area contributed by atoms with Gasteiger partial charge >= 0.3 is 6.18 Å². The first kappa shape index (κ1) is 19.9. The second-order valence-corrected chi connectivity index (χ2v) is 6.82. The molecule has 2 aromatic heterocycles.